The number of halogens is 1. The van der Waals surface area contributed by atoms with E-state index in [0.717, 1.165) is 11.4 Å². The first-order valence-electron chi connectivity index (χ1n) is 6.09. The van der Waals surface area contributed by atoms with Gasteiger partial charge in [-0.1, -0.05) is 29.4 Å². The first-order valence-corrected chi connectivity index (χ1v) is 7.45. The van der Waals surface area contributed by atoms with Gasteiger partial charge in [0.15, 0.2) is 5.16 Å². The third-order valence-electron chi connectivity index (χ3n) is 2.97. The lowest BCUT2D eigenvalue weighted by atomic mass is 10.1. The van der Waals surface area contributed by atoms with E-state index in [1.807, 2.05) is 12.3 Å². The van der Waals surface area contributed by atoms with Gasteiger partial charge in [-0.2, -0.15) is 0 Å². The number of anilines is 1. The fourth-order valence-corrected chi connectivity index (χ4v) is 3.03. The van der Waals surface area contributed by atoms with Crippen molar-refractivity contribution in [1.82, 2.24) is 15.0 Å². The van der Waals surface area contributed by atoms with E-state index in [0.29, 0.717) is 22.0 Å². The molecule has 4 nitrogen and oxygen atoms in total. The third kappa shape index (κ3) is 3.16. The van der Waals surface area contributed by atoms with Crippen LogP contribution in [0.15, 0.2) is 29.6 Å². The molecule has 0 amide bonds. The van der Waals surface area contributed by atoms with Gasteiger partial charge >= 0.3 is 0 Å². The van der Waals surface area contributed by atoms with E-state index in [2.05, 4.69) is 21.0 Å². The number of hydrogen-bond donors (Lipinski definition) is 1. The number of aromatic nitrogens is 3. The van der Waals surface area contributed by atoms with Crippen LogP contribution in [0, 0.1) is 0 Å². The number of pyridine rings is 1. The van der Waals surface area contributed by atoms with E-state index >= 15 is 0 Å². The summed E-state index contributed by atoms with van der Waals surface area (Å²) >= 11 is 7.38. The lowest BCUT2D eigenvalue weighted by Crippen LogP contribution is -1.97. The summed E-state index contributed by atoms with van der Waals surface area (Å²) in [5.41, 5.74) is 8.11. The Labute approximate surface area is 120 Å². The molecular weight excluding hydrogens is 280 g/mol. The predicted molar refractivity (Wildman–Crippen MR) is 77.2 cm³/mol. The molecule has 2 heterocycles. The van der Waals surface area contributed by atoms with Crippen molar-refractivity contribution in [2.45, 2.75) is 29.7 Å². The first-order chi connectivity index (χ1) is 9.22. The summed E-state index contributed by atoms with van der Waals surface area (Å²) in [5, 5.41) is 0.968. The maximum atomic E-state index is 5.86. The average Bonchev–Trinajstić information content (AvgIpc) is 3.20. The molecule has 0 unspecified atom stereocenters. The van der Waals surface area contributed by atoms with Crippen LogP contribution in [-0.4, -0.2) is 15.0 Å². The van der Waals surface area contributed by atoms with Crippen molar-refractivity contribution in [2.75, 3.05) is 5.73 Å². The van der Waals surface area contributed by atoms with Gasteiger partial charge in [0.25, 0.3) is 0 Å². The molecule has 2 aromatic rings. The SMILES string of the molecule is Nc1cc(Cl)nc(SCc2ncccc2C2CC2)n1. The van der Waals surface area contributed by atoms with Crippen LogP contribution in [0.3, 0.4) is 0 Å². The van der Waals surface area contributed by atoms with Crippen molar-refractivity contribution >= 4 is 29.2 Å². The topological polar surface area (TPSA) is 64.7 Å². The van der Waals surface area contributed by atoms with Gasteiger partial charge in [0.2, 0.25) is 0 Å². The van der Waals surface area contributed by atoms with Crippen LogP contribution in [0.5, 0.6) is 0 Å². The monoisotopic (exact) mass is 292 g/mol. The van der Waals surface area contributed by atoms with Crippen molar-refractivity contribution in [3.8, 4) is 0 Å². The molecule has 1 aliphatic carbocycles. The predicted octanol–water partition coefficient (Wildman–Crippen LogP) is 3.28. The molecule has 2 aromatic heterocycles. The van der Waals surface area contributed by atoms with E-state index in [1.54, 1.807) is 6.07 Å². The van der Waals surface area contributed by atoms with Gasteiger partial charge in [0, 0.05) is 18.0 Å². The Morgan fingerprint density at radius 2 is 2.21 bits per heavy atom. The fraction of sp³-hybridized carbons (Fsp3) is 0.308. The van der Waals surface area contributed by atoms with Gasteiger partial charge in [-0.05, 0) is 30.4 Å². The molecule has 0 spiro atoms. The molecule has 1 saturated carbocycles. The van der Waals surface area contributed by atoms with Crippen LogP contribution >= 0.6 is 23.4 Å². The standard InChI is InChI=1S/C13H13ClN4S/c14-11-6-12(15)18-13(17-11)19-7-10-9(8-3-4-8)2-1-5-16-10/h1-2,5-6,8H,3-4,7H2,(H2,15,17,18). The van der Waals surface area contributed by atoms with Gasteiger partial charge in [-0.3, -0.25) is 4.98 Å². The van der Waals surface area contributed by atoms with Crippen LogP contribution in [0.1, 0.15) is 30.0 Å². The summed E-state index contributed by atoms with van der Waals surface area (Å²) in [5.74, 6) is 1.83. The van der Waals surface area contributed by atoms with Gasteiger partial charge < -0.3 is 5.73 Å². The minimum absolute atomic E-state index is 0.374. The van der Waals surface area contributed by atoms with Crippen LogP contribution in [-0.2, 0) is 5.75 Å². The number of nitrogens with zero attached hydrogens (tertiary/aromatic N) is 3. The molecule has 0 radical (unpaired) electrons. The Morgan fingerprint density at radius 1 is 1.37 bits per heavy atom. The molecule has 19 heavy (non-hydrogen) atoms. The molecule has 3 rings (SSSR count). The molecule has 98 valence electrons. The summed E-state index contributed by atoms with van der Waals surface area (Å²) in [4.78, 5) is 12.8. The van der Waals surface area contributed by atoms with Gasteiger partial charge in [0.1, 0.15) is 11.0 Å². The van der Waals surface area contributed by atoms with E-state index < -0.39 is 0 Å². The number of nitrogen functional groups attached to an aromatic ring is 1. The Morgan fingerprint density at radius 3 is 2.95 bits per heavy atom. The Kier molecular flexibility index (Phi) is 3.57. The van der Waals surface area contributed by atoms with Crippen molar-refractivity contribution in [3.63, 3.8) is 0 Å². The smallest absolute Gasteiger partial charge is 0.191 e. The Hall–Kier alpha value is -1.33. The summed E-state index contributed by atoms with van der Waals surface area (Å²) in [6, 6.07) is 5.70. The second-order valence-corrected chi connectivity index (χ2v) is 5.83. The molecule has 2 N–H and O–H groups in total. The van der Waals surface area contributed by atoms with E-state index in [-0.39, 0.29) is 0 Å². The maximum Gasteiger partial charge on any atom is 0.191 e. The van der Waals surface area contributed by atoms with Gasteiger partial charge in [-0.25, -0.2) is 9.97 Å². The summed E-state index contributed by atoms with van der Waals surface area (Å²) in [6.07, 6.45) is 4.36. The minimum atomic E-state index is 0.374. The molecule has 6 heteroatoms. The molecular formula is C13H13ClN4S. The number of rotatable bonds is 4. The highest BCUT2D eigenvalue weighted by molar-refractivity contribution is 7.98. The molecule has 0 atom stereocenters. The first kappa shape index (κ1) is 12.7. The second kappa shape index (κ2) is 5.35. The fourth-order valence-electron chi connectivity index (χ4n) is 1.95. The van der Waals surface area contributed by atoms with Crippen molar-refractivity contribution in [2.24, 2.45) is 0 Å². The summed E-state index contributed by atoms with van der Waals surface area (Å²) in [6.45, 7) is 0. The van der Waals surface area contributed by atoms with Crippen LogP contribution in [0.25, 0.3) is 0 Å². The average molecular weight is 293 g/mol. The van der Waals surface area contributed by atoms with Gasteiger partial charge in [0.05, 0.1) is 5.69 Å². The van der Waals surface area contributed by atoms with E-state index in [9.17, 15) is 0 Å². The number of hydrogen-bond acceptors (Lipinski definition) is 5. The molecule has 0 saturated heterocycles. The zero-order chi connectivity index (χ0) is 13.2. The van der Waals surface area contributed by atoms with E-state index in [4.69, 9.17) is 17.3 Å². The van der Waals surface area contributed by atoms with Crippen molar-refractivity contribution in [3.05, 3.63) is 40.8 Å². The van der Waals surface area contributed by atoms with Crippen molar-refractivity contribution in [1.29, 1.82) is 0 Å². The zero-order valence-electron chi connectivity index (χ0n) is 10.2. The maximum absolute atomic E-state index is 5.86. The highest BCUT2D eigenvalue weighted by atomic mass is 35.5. The van der Waals surface area contributed by atoms with Crippen LogP contribution in [0.2, 0.25) is 5.15 Å². The Balaban J connectivity index is 1.75. The summed E-state index contributed by atoms with van der Waals surface area (Å²) in [7, 11) is 0. The normalized spacial score (nSPS) is 14.6. The lowest BCUT2D eigenvalue weighted by molar-refractivity contribution is 0.968. The Bertz CT molecular complexity index is 581. The second-order valence-electron chi connectivity index (χ2n) is 4.50. The third-order valence-corrected chi connectivity index (χ3v) is 4.03. The number of nitrogens with two attached hydrogens (primary N) is 1. The molecule has 0 aromatic carbocycles. The van der Waals surface area contributed by atoms with Gasteiger partial charge in [-0.15, -0.1) is 0 Å². The van der Waals surface area contributed by atoms with Crippen LogP contribution in [0.4, 0.5) is 5.82 Å². The number of thioether (sulfide) groups is 1. The van der Waals surface area contributed by atoms with E-state index in [1.165, 1.54) is 30.2 Å². The molecule has 0 aliphatic heterocycles. The quantitative estimate of drug-likeness (QED) is 0.532. The summed E-state index contributed by atoms with van der Waals surface area (Å²) < 4.78 is 0. The highest BCUT2D eigenvalue weighted by Crippen LogP contribution is 2.42. The minimum Gasteiger partial charge on any atom is -0.384 e. The van der Waals surface area contributed by atoms with Crippen LogP contribution < -0.4 is 5.73 Å². The highest BCUT2D eigenvalue weighted by Gasteiger charge is 2.26. The molecule has 1 fully saturated rings. The lowest BCUT2D eigenvalue weighted by Gasteiger charge is -2.06. The zero-order valence-corrected chi connectivity index (χ0v) is 11.8. The van der Waals surface area contributed by atoms with Crippen molar-refractivity contribution < 1.29 is 0 Å². The molecule has 0 bridgehead atoms. The largest absolute Gasteiger partial charge is 0.384 e. The molecule has 1 aliphatic rings.